The van der Waals surface area contributed by atoms with E-state index in [0.29, 0.717) is 17.5 Å². The van der Waals surface area contributed by atoms with E-state index in [4.69, 9.17) is 4.74 Å². The largest absolute Gasteiger partial charge is 0.381 e. The second-order valence-corrected chi connectivity index (χ2v) is 5.95. The van der Waals surface area contributed by atoms with Crippen molar-refractivity contribution in [2.24, 2.45) is 5.92 Å². The topological polar surface area (TPSA) is 26.3 Å². The number of benzene rings is 1. The normalized spacial score (nSPS) is 16.7. The molecule has 3 heteroatoms. The van der Waals surface area contributed by atoms with Gasteiger partial charge in [-0.05, 0) is 37.8 Å². The molecule has 0 aromatic heterocycles. The molecule has 2 nitrogen and oxygen atoms in total. The van der Waals surface area contributed by atoms with E-state index in [1.54, 1.807) is 11.8 Å². The average molecular weight is 264 g/mol. The summed E-state index contributed by atoms with van der Waals surface area (Å²) in [5.41, 5.74) is 1.25. The molecule has 0 radical (unpaired) electrons. The highest BCUT2D eigenvalue weighted by molar-refractivity contribution is 8.00. The number of carbonyl (C=O) groups is 1. The number of rotatable bonds is 5. The van der Waals surface area contributed by atoms with Crippen molar-refractivity contribution in [1.82, 2.24) is 0 Å². The van der Waals surface area contributed by atoms with Gasteiger partial charge >= 0.3 is 0 Å². The van der Waals surface area contributed by atoms with Gasteiger partial charge in [-0.3, -0.25) is 4.79 Å². The third-order valence-electron chi connectivity index (χ3n) is 3.25. The lowest BCUT2D eigenvalue weighted by molar-refractivity contribution is -0.118. The van der Waals surface area contributed by atoms with Crippen LogP contribution >= 0.6 is 11.8 Å². The number of carbonyl (C=O) groups excluding carboxylic acids is 1. The Balaban J connectivity index is 1.74. The van der Waals surface area contributed by atoms with Gasteiger partial charge in [0, 0.05) is 24.5 Å². The molecule has 0 bridgehead atoms. The summed E-state index contributed by atoms with van der Waals surface area (Å²) in [6.07, 6.45) is 2.81. The van der Waals surface area contributed by atoms with Crippen molar-refractivity contribution in [1.29, 1.82) is 0 Å². The van der Waals surface area contributed by atoms with E-state index in [2.05, 4.69) is 25.1 Å². The maximum absolute atomic E-state index is 11.9. The van der Waals surface area contributed by atoms with E-state index in [0.717, 1.165) is 32.5 Å². The van der Waals surface area contributed by atoms with Gasteiger partial charge < -0.3 is 4.74 Å². The molecule has 1 heterocycles. The van der Waals surface area contributed by atoms with Gasteiger partial charge in [-0.15, -0.1) is 11.8 Å². The first-order chi connectivity index (χ1) is 8.74. The van der Waals surface area contributed by atoms with Crippen LogP contribution < -0.4 is 0 Å². The van der Waals surface area contributed by atoms with E-state index < -0.39 is 0 Å². The molecule has 0 amide bonds. The van der Waals surface area contributed by atoms with Crippen molar-refractivity contribution >= 4 is 17.5 Å². The van der Waals surface area contributed by atoms with Crippen LogP contribution in [0.3, 0.4) is 0 Å². The fourth-order valence-corrected chi connectivity index (χ4v) is 3.09. The summed E-state index contributed by atoms with van der Waals surface area (Å²) in [5, 5.41) is 0. The minimum atomic E-state index is 0.369. The van der Waals surface area contributed by atoms with Crippen LogP contribution in [0.1, 0.15) is 24.8 Å². The third kappa shape index (κ3) is 4.46. The first-order valence-electron chi connectivity index (χ1n) is 6.53. The second kappa shape index (κ2) is 6.95. The standard InChI is InChI=1S/C15H20O2S/c1-12-3-2-4-15(9-12)18-11-14(16)10-13-5-7-17-8-6-13/h2-4,9,13H,5-8,10-11H2,1H3. The zero-order valence-electron chi connectivity index (χ0n) is 10.9. The summed E-state index contributed by atoms with van der Waals surface area (Å²) >= 11 is 1.65. The van der Waals surface area contributed by atoms with Gasteiger partial charge in [-0.2, -0.15) is 0 Å². The number of ether oxygens (including phenoxy) is 1. The molecule has 1 aromatic carbocycles. The minimum Gasteiger partial charge on any atom is -0.381 e. The predicted molar refractivity (Wildman–Crippen MR) is 75.1 cm³/mol. The Kier molecular flexibility index (Phi) is 5.26. The Morgan fingerprint density at radius 1 is 1.39 bits per heavy atom. The van der Waals surface area contributed by atoms with Crippen molar-refractivity contribution in [3.05, 3.63) is 29.8 Å². The molecule has 1 aliphatic heterocycles. The van der Waals surface area contributed by atoms with Gasteiger partial charge in [-0.25, -0.2) is 0 Å². The van der Waals surface area contributed by atoms with E-state index in [9.17, 15) is 4.79 Å². The van der Waals surface area contributed by atoms with Crippen LogP contribution in [0.15, 0.2) is 29.2 Å². The molecule has 0 saturated carbocycles. The molecule has 0 atom stereocenters. The van der Waals surface area contributed by atoms with E-state index in [1.165, 1.54) is 10.5 Å². The molecule has 2 rings (SSSR count). The third-order valence-corrected chi connectivity index (χ3v) is 4.30. The smallest absolute Gasteiger partial charge is 0.143 e. The number of thioether (sulfide) groups is 1. The molecule has 1 saturated heterocycles. The molecular formula is C15H20O2S. The van der Waals surface area contributed by atoms with Crippen LogP contribution in [0, 0.1) is 12.8 Å². The molecule has 0 N–H and O–H groups in total. The van der Waals surface area contributed by atoms with Crippen molar-refractivity contribution in [2.45, 2.75) is 31.1 Å². The number of Topliss-reactive ketones (excluding diaryl/α,β-unsaturated/α-hetero) is 1. The Morgan fingerprint density at radius 3 is 2.89 bits per heavy atom. The monoisotopic (exact) mass is 264 g/mol. The lowest BCUT2D eigenvalue weighted by Gasteiger charge is -2.21. The molecular weight excluding hydrogens is 244 g/mol. The molecule has 18 heavy (non-hydrogen) atoms. The van der Waals surface area contributed by atoms with E-state index >= 15 is 0 Å². The maximum Gasteiger partial charge on any atom is 0.143 e. The molecule has 0 aliphatic carbocycles. The van der Waals surface area contributed by atoms with Crippen LogP contribution in [0.25, 0.3) is 0 Å². The Hall–Kier alpha value is -0.800. The van der Waals surface area contributed by atoms with Crippen LogP contribution in [-0.4, -0.2) is 24.7 Å². The first-order valence-corrected chi connectivity index (χ1v) is 7.51. The summed E-state index contributed by atoms with van der Waals surface area (Å²) in [4.78, 5) is 13.1. The minimum absolute atomic E-state index is 0.369. The molecule has 1 fully saturated rings. The number of ketones is 1. The van der Waals surface area contributed by atoms with Gasteiger partial charge in [0.15, 0.2) is 0 Å². The van der Waals surface area contributed by atoms with Crippen molar-refractivity contribution in [2.75, 3.05) is 19.0 Å². The van der Waals surface area contributed by atoms with Crippen LogP contribution in [-0.2, 0) is 9.53 Å². The summed E-state index contributed by atoms with van der Waals surface area (Å²) < 4.78 is 5.31. The zero-order valence-corrected chi connectivity index (χ0v) is 11.7. The maximum atomic E-state index is 11.9. The zero-order chi connectivity index (χ0) is 12.8. The number of hydrogen-bond donors (Lipinski definition) is 0. The van der Waals surface area contributed by atoms with Gasteiger partial charge in [0.1, 0.15) is 5.78 Å². The quantitative estimate of drug-likeness (QED) is 0.762. The summed E-state index contributed by atoms with van der Waals surface area (Å²) in [5.74, 6) is 1.51. The van der Waals surface area contributed by atoms with E-state index in [-0.39, 0.29) is 0 Å². The van der Waals surface area contributed by atoms with Gasteiger partial charge in [0.05, 0.1) is 5.75 Å². The van der Waals surface area contributed by atoms with Crippen molar-refractivity contribution < 1.29 is 9.53 Å². The summed E-state index contributed by atoms with van der Waals surface area (Å²) in [6.45, 7) is 3.72. The van der Waals surface area contributed by atoms with E-state index in [1.807, 2.05) is 6.07 Å². The second-order valence-electron chi connectivity index (χ2n) is 4.90. The van der Waals surface area contributed by atoms with Gasteiger partial charge in [0.25, 0.3) is 0 Å². The number of aryl methyl sites for hydroxylation is 1. The fraction of sp³-hybridized carbons (Fsp3) is 0.533. The highest BCUT2D eigenvalue weighted by atomic mass is 32.2. The van der Waals surface area contributed by atoms with Gasteiger partial charge in [-0.1, -0.05) is 17.7 Å². The molecule has 98 valence electrons. The van der Waals surface area contributed by atoms with Crippen LogP contribution in [0.4, 0.5) is 0 Å². The van der Waals surface area contributed by atoms with Crippen molar-refractivity contribution in [3.63, 3.8) is 0 Å². The first kappa shape index (κ1) is 13.6. The predicted octanol–water partition coefficient (Wildman–Crippen LogP) is 3.47. The average Bonchev–Trinajstić information content (AvgIpc) is 2.38. The number of hydrogen-bond acceptors (Lipinski definition) is 3. The lowest BCUT2D eigenvalue weighted by atomic mass is 9.95. The SMILES string of the molecule is Cc1cccc(SCC(=O)CC2CCOCC2)c1. The summed E-state index contributed by atoms with van der Waals surface area (Å²) in [7, 11) is 0. The highest BCUT2D eigenvalue weighted by Crippen LogP contribution is 2.23. The molecule has 0 spiro atoms. The molecule has 1 aromatic rings. The highest BCUT2D eigenvalue weighted by Gasteiger charge is 2.17. The summed E-state index contributed by atoms with van der Waals surface area (Å²) in [6, 6.07) is 8.32. The van der Waals surface area contributed by atoms with Crippen LogP contribution in [0.2, 0.25) is 0 Å². The fourth-order valence-electron chi connectivity index (χ4n) is 2.20. The molecule has 1 aliphatic rings. The Labute approximate surface area is 113 Å². The van der Waals surface area contributed by atoms with Crippen molar-refractivity contribution in [3.8, 4) is 0 Å². The molecule has 0 unspecified atom stereocenters. The Morgan fingerprint density at radius 2 is 2.17 bits per heavy atom. The lowest BCUT2D eigenvalue weighted by Crippen LogP contribution is -2.19. The van der Waals surface area contributed by atoms with Gasteiger partial charge in [0.2, 0.25) is 0 Å². The van der Waals surface area contributed by atoms with Crippen LogP contribution in [0.5, 0.6) is 0 Å². The Bertz CT molecular complexity index is 397.